The highest BCUT2D eigenvalue weighted by Gasteiger charge is 2.42. The summed E-state index contributed by atoms with van der Waals surface area (Å²) >= 11 is 0. The Morgan fingerprint density at radius 2 is 1.66 bits per heavy atom. The Morgan fingerprint density at radius 3 is 2.22 bits per heavy atom. The molecule has 4 rings (SSSR count). The van der Waals surface area contributed by atoms with Crippen LogP contribution in [-0.2, 0) is 20.5 Å². The van der Waals surface area contributed by atoms with E-state index < -0.39 is 11.0 Å². The fraction of sp³-hybridized carbons (Fsp3) is 0.333. The molecule has 0 saturated carbocycles. The van der Waals surface area contributed by atoms with E-state index in [1.807, 2.05) is 24.3 Å². The van der Waals surface area contributed by atoms with Crippen LogP contribution in [0.3, 0.4) is 0 Å². The molecule has 0 bridgehead atoms. The Kier molecular flexibility index (Phi) is 5.90. The molecule has 0 unspecified atom stereocenters. The molecule has 4 N–H and O–H groups in total. The zero-order chi connectivity index (χ0) is 22.8. The molecule has 32 heavy (non-hydrogen) atoms. The van der Waals surface area contributed by atoms with Gasteiger partial charge in [-0.05, 0) is 43.9 Å². The van der Waals surface area contributed by atoms with Gasteiger partial charge in [-0.1, -0.05) is 30.3 Å². The minimum Gasteiger partial charge on any atom is -0.386 e. The van der Waals surface area contributed by atoms with Crippen LogP contribution in [0.5, 0.6) is 0 Å². The van der Waals surface area contributed by atoms with Crippen LogP contribution >= 0.6 is 0 Å². The van der Waals surface area contributed by atoms with Gasteiger partial charge in [0.15, 0.2) is 0 Å². The lowest BCUT2D eigenvalue weighted by atomic mass is 9.73. The molecular formula is C24H27N5O3. The second-order valence-electron chi connectivity index (χ2n) is 8.55. The standard InChI is InChI=1S/C24H27N5O3/c1-23(2,31)19-7-8-20(26-15-19)29-21(30)24(9-11-32-12-10-24)18-5-3-16(4-6-18)17-13-27-22(25)28-14-17/h3-8,13-15,31H,9-12H2,1-2H3,(H2,25,27,28)(H,26,29,30). The molecule has 1 saturated heterocycles. The highest BCUT2D eigenvalue weighted by Crippen LogP contribution is 2.37. The summed E-state index contributed by atoms with van der Waals surface area (Å²) in [5, 5.41) is 13.1. The first-order valence-electron chi connectivity index (χ1n) is 10.5. The van der Waals surface area contributed by atoms with Crippen molar-refractivity contribution in [2.24, 2.45) is 0 Å². The van der Waals surface area contributed by atoms with Crippen LogP contribution in [0.2, 0.25) is 0 Å². The number of aliphatic hydroxyl groups is 1. The van der Waals surface area contributed by atoms with Gasteiger partial charge in [-0.3, -0.25) is 4.79 Å². The summed E-state index contributed by atoms with van der Waals surface area (Å²) in [5.74, 6) is 0.560. The highest BCUT2D eigenvalue weighted by molar-refractivity contribution is 5.98. The van der Waals surface area contributed by atoms with Crippen molar-refractivity contribution in [3.05, 3.63) is 66.1 Å². The molecular weight excluding hydrogens is 406 g/mol. The molecule has 3 heterocycles. The van der Waals surface area contributed by atoms with E-state index in [2.05, 4.69) is 20.3 Å². The minimum absolute atomic E-state index is 0.118. The SMILES string of the molecule is CC(C)(O)c1ccc(NC(=O)C2(c3ccc(-c4cnc(N)nc4)cc3)CCOCC2)nc1. The molecule has 2 aromatic heterocycles. The summed E-state index contributed by atoms with van der Waals surface area (Å²) in [5.41, 5.74) is 7.27. The molecule has 1 aliphatic rings. The third-order valence-electron chi connectivity index (χ3n) is 5.94. The first-order chi connectivity index (χ1) is 15.3. The maximum atomic E-state index is 13.5. The van der Waals surface area contributed by atoms with Gasteiger partial charge in [0.05, 0.1) is 11.0 Å². The van der Waals surface area contributed by atoms with Crippen LogP contribution in [-0.4, -0.2) is 39.2 Å². The summed E-state index contributed by atoms with van der Waals surface area (Å²) in [7, 11) is 0. The van der Waals surface area contributed by atoms with Gasteiger partial charge in [-0.2, -0.15) is 0 Å². The maximum Gasteiger partial charge on any atom is 0.236 e. The fourth-order valence-corrected chi connectivity index (χ4v) is 3.90. The van der Waals surface area contributed by atoms with Crippen molar-refractivity contribution in [2.45, 2.75) is 37.7 Å². The Hall–Kier alpha value is -3.36. The van der Waals surface area contributed by atoms with Gasteiger partial charge in [-0.15, -0.1) is 0 Å². The quantitative estimate of drug-likeness (QED) is 0.565. The number of carbonyl (C=O) groups is 1. The van der Waals surface area contributed by atoms with Gasteiger partial charge in [-0.25, -0.2) is 15.0 Å². The number of nitrogen functional groups attached to an aromatic ring is 1. The topological polar surface area (TPSA) is 123 Å². The smallest absolute Gasteiger partial charge is 0.236 e. The number of rotatable bonds is 5. The number of nitrogens with zero attached hydrogens (tertiary/aromatic N) is 3. The van der Waals surface area contributed by atoms with Crippen molar-refractivity contribution in [1.29, 1.82) is 0 Å². The normalized spacial score (nSPS) is 15.8. The van der Waals surface area contributed by atoms with E-state index in [4.69, 9.17) is 10.5 Å². The molecule has 166 valence electrons. The number of anilines is 2. The molecule has 8 nitrogen and oxygen atoms in total. The van der Waals surface area contributed by atoms with E-state index in [1.165, 1.54) is 0 Å². The van der Waals surface area contributed by atoms with E-state index in [0.29, 0.717) is 37.4 Å². The third-order valence-corrected chi connectivity index (χ3v) is 5.94. The number of hydrogen-bond acceptors (Lipinski definition) is 7. The van der Waals surface area contributed by atoms with E-state index in [9.17, 15) is 9.90 Å². The molecule has 8 heteroatoms. The van der Waals surface area contributed by atoms with Crippen molar-refractivity contribution < 1.29 is 14.6 Å². The second-order valence-corrected chi connectivity index (χ2v) is 8.55. The molecule has 1 aromatic carbocycles. The Labute approximate surface area is 186 Å². The van der Waals surface area contributed by atoms with Crippen molar-refractivity contribution in [1.82, 2.24) is 15.0 Å². The number of benzene rings is 1. The predicted molar refractivity (Wildman–Crippen MR) is 122 cm³/mol. The molecule has 0 atom stereocenters. The van der Waals surface area contributed by atoms with Crippen molar-refractivity contribution >= 4 is 17.7 Å². The molecule has 0 aliphatic carbocycles. The van der Waals surface area contributed by atoms with E-state index in [0.717, 1.165) is 16.7 Å². The largest absolute Gasteiger partial charge is 0.386 e. The molecule has 1 aliphatic heterocycles. The Balaban J connectivity index is 1.59. The van der Waals surface area contributed by atoms with Crippen molar-refractivity contribution in [3.63, 3.8) is 0 Å². The summed E-state index contributed by atoms with van der Waals surface area (Å²) in [6, 6.07) is 11.4. The van der Waals surface area contributed by atoms with Crippen molar-refractivity contribution in [2.75, 3.05) is 24.3 Å². The van der Waals surface area contributed by atoms with Gasteiger partial charge in [0.25, 0.3) is 0 Å². The van der Waals surface area contributed by atoms with Crippen LogP contribution in [0.15, 0.2) is 55.0 Å². The average molecular weight is 434 g/mol. The number of nitrogens with one attached hydrogen (secondary N) is 1. The van der Waals surface area contributed by atoms with Crippen LogP contribution in [0.4, 0.5) is 11.8 Å². The Bertz CT molecular complexity index is 1070. The third kappa shape index (κ3) is 4.46. The van der Waals surface area contributed by atoms with E-state index >= 15 is 0 Å². The van der Waals surface area contributed by atoms with Crippen LogP contribution < -0.4 is 11.1 Å². The summed E-state index contributed by atoms with van der Waals surface area (Å²) in [4.78, 5) is 25.9. The average Bonchev–Trinajstić information content (AvgIpc) is 2.80. The number of carbonyl (C=O) groups excluding carboxylic acids is 1. The molecule has 0 spiro atoms. The lowest BCUT2D eigenvalue weighted by molar-refractivity contribution is -0.125. The summed E-state index contributed by atoms with van der Waals surface area (Å²) in [6.07, 6.45) is 6.08. The number of amides is 1. The lowest BCUT2D eigenvalue weighted by Gasteiger charge is -2.36. The zero-order valence-corrected chi connectivity index (χ0v) is 18.2. The number of aromatic nitrogens is 3. The van der Waals surface area contributed by atoms with Crippen molar-refractivity contribution in [3.8, 4) is 11.1 Å². The van der Waals surface area contributed by atoms with Gasteiger partial charge in [0.1, 0.15) is 5.82 Å². The van der Waals surface area contributed by atoms with Gasteiger partial charge in [0, 0.05) is 42.9 Å². The monoisotopic (exact) mass is 433 g/mol. The van der Waals surface area contributed by atoms with Crippen LogP contribution in [0, 0.1) is 0 Å². The number of pyridine rings is 1. The van der Waals surface area contributed by atoms with E-state index in [1.54, 1.807) is 44.6 Å². The second kappa shape index (κ2) is 8.64. The highest BCUT2D eigenvalue weighted by atomic mass is 16.5. The number of nitrogens with two attached hydrogens (primary N) is 1. The molecule has 3 aromatic rings. The minimum atomic E-state index is -0.991. The van der Waals surface area contributed by atoms with Gasteiger partial charge < -0.3 is 20.9 Å². The molecule has 0 radical (unpaired) electrons. The maximum absolute atomic E-state index is 13.5. The van der Waals surface area contributed by atoms with Gasteiger partial charge in [0.2, 0.25) is 11.9 Å². The first kappa shape index (κ1) is 21.9. The van der Waals surface area contributed by atoms with Gasteiger partial charge >= 0.3 is 0 Å². The number of hydrogen-bond donors (Lipinski definition) is 3. The van der Waals surface area contributed by atoms with E-state index in [-0.39, 0.29) is 11.9 Å². The van der Waals surface area contributed by atoms with Crippen LogP contribution in [0.1, 0.15) is 37.8 Å². The number of ether oxygens (including phenoxy) is 1. The van der Waals surface area contributed by atoms with Crippen LogP contribution in [0.25, 0.3) is 11.1 Å². The lowest BCUT2D eigenvalue weighted by Crippen LogP contribution is -2.45. The first-order valence-corrected chi connectivity index (χ1v) is 10.5. The summed E-state index contributed by atoms with van der Waals surface area (Å²) < 4.78 is 5.55. The summed E-state index contributed by atoms with van der Waals surface area (Å²) in [6.45, 7) is 4.40. The molecule has 1 fully saturated rings. The fourth-order valence-electron chi connectivity index (χ4n) is 3.90. The molecule has 1 amide bonds. The predicted octanol–water partition coefficient (Wildman–Crippen LogP) is 3.04. The Morgan fingerprint density at radius 1 is 1.00 bits per heavy atom. The zero-order valence-electron chi connectivity index (χ0n) is 18.2.